The van der Waals surface area contributed by atoms with Crippen molar-refractivity contribution in [2.75, 3.05) is 5.32 Å². The van der Waals surface area contributed by atoms with Gasteiger partial charge in [0.2, 0.25) is 0 Å². The molecular weight excluding hydrogens is 266 g/mol. The minimum Gasteiger partial charge on any atom is -0.478 e. The number of hydrogen-bond donors (Lipinski definition) is 2. The Morgan fingerprint density at radius 3 is 3.00 bits per heavy atom. The van der Waals surface area contributed by atoms with Crippen molar-refractivity contribution in [1.82, 2.24) is 9.55 Å². The first-order valence-corrected chi connectivity index (χ1v) is 6.26. The molecule has 0 amide bonds. The predicted octanol–water partition coefficient (Wildman–Crippen LogP) is 2.87. The van der Waals surface area contributed by atoms with Gasteiger partial charge in [-0.05, 0) is 25.1 Å². The smallest absolute Gasteiger partial charge is 0.337 e. The van der Waals surface area contributed by atoms with E-state index in [9.17, 15) is 4.79 Å². The highest BCUT2D eigenvalue weighted by Gasteiger charge is 2.09. The van der Waals surface area contributed by atoms with Crippen LogP contribution in [-0.2, 0) is 13.1 Å². The van der Waals surface area contributed by atoms with Gasteiger partial charge < -0.3 is 15.0 Å². The number of carboxylic acid groups (broad SMARTS) is 1. The van der Waals surface area contributed by atoms with Crippen LogP contribution in [0.25, 0.3) is 0 Å². The van der Waals surface area contributed by atoms with Crippen molar-refractivity contribution < 1.29 is 9.90 Å². The number of carboxylic acids is 1. The summed E-state index contributed by atoms with van der Waals surface area (Å²) in [4.78, 5) is 15.2. The number of nitrogens with zero attached hydrogens (tertiary/aromatic N) is 2. The van der Waals surface area contributed by atoms with Crippen molar-refractivity contribution in [1.29, 1.82) is 0 Å². The molecule has 2 aromatic rings. The van der Waals surface area contributed by atoms with Crippen molar-refractivity contribution in [2.24, 2.45) is 0 Å². The zero-order valence-electron chi connectivity index (χ0n) is 10.4. The summed E-state index contributed by atoms with van der Waals surface area (Å²) >= 11 is 5.81. The minimum absolute atomic E-state index is 0.0884. The van der Waals surface area contributed by atoms with Crippen LogP contribution in [0.5, 0.6) is 0 Å². The lowest BCUT2D eigenvalue weighted by atomic mass is 10.2. The highest BCUT2D eigenvalue weighted by Crippen LogP contribution is 2.20. The van der Waals surface area contributed by atoms with E-state index in [2.05, 4.69) is 10.3 Å². The van der Waals surface area contributed by atoms with Gasteiger partial charge in [-0.1, -0.05) is 11.6 Å². The fourth-order valence-corrected chi connectivity index (χ4v) is 1.97. The average molecular weight is 280 g/mol. The molecule has 0 saturated heterocycles. The topological polar surface area (TPSA) is 67.2 Å². The van der Waals surface area contributed by atoms with Crippen molar-refractivity contribution in [2.45, 2.75) is 20.0 Å². The molecule has 2 rings (SSSR count). The Labute approximate surface area is 115 Å². The molecule has 0 unspecified atom stereocenters. The largest absolute Gasteiger partial charge is 0.478 e. The average Bonchev–Trinajstić information content (AvgIpc) is 2.84. The summed E-state index contributed by atoms with van der Waals surface area (Å²) in [5.74, 6) is -0.141. The van der Waals surface area contributed by atoms with E-state index in [1.54, 1.807) is 18.3 Å². The van der Waals surface area contributed by atoms with Crippen LogP contribution in [0.1, 0.15) is 23.1 Å². The van der Waals surface area contributed by atoms with Crippen LogP contribution in [0, 0.1) is 0 Å². The predicted molar refractivity (Wildman–Crippen MR) is 73.6 cm³/mol. The number of aromatic carboxylic acids is 1. The molecule has 1 heterocycles. The molecule has 0 spiro atoms. The van der Waals surface area contributed by atoms with Crippen LogP contribution in [0.3, 0.4) is 0 Å². The highest BCUT2D eigenvalue weighted by atomic mass is 35.5. The van der Waals surface area contributed by atoms with E-state index in [1.165, 1.54) is 6.07 Å². The zero-order valence-corrected chi connectivity index (χ0v) is 11.2. The SMILES string of the molecule is CCn1ccnc1CNc1ccc(Cl)c(C(=O)O)c1. The zero-order chi connectivity index (χ0) is 13.8. The molecule has 1 aromatic heterocycles. The van der Waals surface area contributed by atoms with Gasteiger partial charge in [0, 0.05) is 24.6 Å². The summed E-state index contributed by atoms with van der Waals surface area (Å²) in [6.45, 7) is 3.41. The standard InChI is InChI=1S/C13H14ClN3O2/c1-2-17-6-5-15-12(17)8-16-9-3-4-11(14)10(7-9)13(18)19/h3-7,16H,2,8H2,1H3,(H,18,19). The van der Waals surface area contributed by atoms with E-state index in [-0.39, 0.29) is 10.6 Å². The number of imidazole rings is 1. The molecule has 2 N–H and O–H groups in total. The van der Waals surface area contributed by atoms with Crippen LogP contribution >= 0.6 is 11.6 Å². The fourth-order valence-electron chi connectivity index (χ4n) is 1.78. The number of carbonyl (C=O) groups is 1. The monoisotopic (exact) mass is 279 g/mol. The number of halogens is 1. The molecule has 0 aliphatic carbocycles. The maximum Gasteiger partial charge on any atom is 0.337 e. The quantitative estimate of drug-likeness (QED) is 0.883. The van der Waals surface area contributed by atoms with E-state index in [1.807, 2.05) is 17.7 Å². The van der Waals surface area contributed by atoms with Gasteiger partial charge in [0.1, 0.15) is 5.82 Å². The third-order valence-electron chi connectivity index (χ3n) is 2.79. The molecule has 0 bridgehead atoms. The first-order valence-electron chi connectivity index (χ1n) is 5.88. The second kappa shape index (κ2) is 5.75. The van der Waals surface area contributed by atoms with Crippen LogP contribution in [-0.4, -0.2) is 20.6 Å². The number of hydrogen-bond acceptors (Lipinski definition) is 3. The first kappa shape index (κ1) is 13.4. The van der Waals surface area contributed by atoms with Gasteiger partial charge in [0.05, 0.1) is 17.1 Å². The van der Waals surface area contributed by atoms with Crippen LogP contribution < -0.4 is 5.32 Å². The summed E-state index contributed by atoms with van der Waals surface area (Å²) in [7, 11) is 0. The van der Waals surface area contributed by atoms with Gasteiger partial charge in [-0.15, -0.1) is 0 Å². The lowest BCUT2D eigenvalue weighted by Gasteiger charge is -2.09. The molecule has 0 atom stereocenters. The number of anilines is 1. The maximum atomic E-state index is 11.0. The number of benzene rings is 1. The van der Waals surface area contributed by atoms with E-state index in [0.717, 1.165) is 12.4 Å². The molecule has 0 radical (unpaired) electrons. The van der Waals surface area contributed by atoms with Crippen LogP contribution in [0.4, 0.5) is 5.69 Å². The Bertz CT molecular complexity index is 595. The molecule has 1 aromatic carbocycles. The van der Waals surface area contributed by atoms with E-state index in [4.69, 9.17) is 16.7 Å². The highest BCUT2D eigenvalue weighted by molar-refractivity contribution is 6.33. The Balaban J connectivity index is 2.12. The molecule has 5 nitrogen and oxygen atoms in total. The van der Waals surface area contributed by atoms with Crippen LogP contribution in [0.2, 0.25) is 5.02 Å². The summed E-state index contributed by atoms with van der Waals surface area (Å²) in [6, 6.07) is 4.83. The van der Waals surface area contributed by atoms with Crippen molar-refractivity contribution in [3.63, 3.8) is 0 Å². The van der Waals surface area contributed by atoms with Crippen LogP contribution in [0.15, 0.2) is 30.6 Å². The van der Waals surface area contributed by atoms with Gasteiger partial charge in [0.15, 0.2) is 0 Å². The fraction of sp³-hybridized carbons (Fsp3) is 0.231. The van der Waals surface area contributed by atoms with Gasteiger partial charge in [-0.2, -0.15) is 0 Å². The Hall–Kier alpha value is -2.01. The van der Waals surface area contributed by atoms with Gasteiger partial charge in [-0.25, -0.2) is 9.78 Å². The van der Waals surface area contributed by atoms with Gasteiger partial charge in [0.25, 0.3) is 0 Å². The lowest BCUT2D eigenvalue weighted by Crippen LogP contribution is -2.08. The Kier molecular flexibility index (Phi) is 4.06. The number of aryl methyl sites for hydroxylation is 1. The third kappa shape index (κ3) is 3.06. The molecule has 0 aliphatic heterocycles. The number of rotatable bonds is 5. The Morgan fingerprint density at radius 2 is 2.32 bits per heavy atom. The summed E-state index contributed by atoms with van der Waals surface area (Å²) in [5.41, 5.74) is 0.790. The molecule has 6 heteroatoms. The summed E-state index contributed by atoms with van der Waals surface area (Å²) < 4.78 is 2.01. The third-order valence-corrected chi connectivity index (χ3v) is 3.12. The minimum atomic E-state index is -1.04. The second-order valence-electron chi connectivity index (χ2n) is 3.98. The van der Waals surface area contributed by atoms with Crippen molar-refractivity contribution >= 4 is 23.3 Å². The van der Waals surface area contributed by atoms with E-state index < -0.39 is 5.97 Å². The van der Waals surface area contributed by atoms with Crippen molar-refractivity contribution in [3.8, 4) is 0 Å². The molecular formula is C13H14ClN3O2. The van der Waals surface area contributed by atoms with Gasteiger partial charge in [-0.3, -0.25) is 0 Å². The number of aromatic nitrogens is 2. The maximum absolute atomic E-state index is 11.0. The van der Waals surface area contributed by atoms with E-state index in [0.29, 0.717) is 12.2 Å². The molecule has 19 heavy (non-hydrogen) atoms. The van der Waals surface area contributed by atoms with E-state index >= 15 is 0 Å². The molecule has 0 aliphatic rings. The second-order valence-corrected chi connectivity index (χ2v) is 4.39. The number of nitrogens with one attached hydrogen (secondary N) is 1. The van der Waals surface area contributed by atoms with Gasteiger partial charge >= 0.3 is 5.97 Å². The van der Waals surface area contributed by atoms with Crippen molar-refractivity contribution in [3.05, 3.63) is 47.0 Å². The Morgan fingerprint density at radius 1 is 1.53 bits per heavy atom. The first-order chi connectivity index (χ1) is 9.11. The lowest BCUT2D eigenvalue weighted by molar-refractivity contribution is 0.0697. The molecule has 0 saturated carbocycles. The summed E-state index contributed by atoms with van der Waals surface area (Å²) in [5, 5.41) is 12.4. The molecule has 100 valence electrons. The normalized spacial score (nSPS) is 10.4. The molecule has 0 fully saturated rings. The summed E-state index contributed by atoms with van der Waals surface area (Å²) in [6.07, 6.45) is 3.65.